The van der Waals surface area contributed by atoms with Crippen LogP contribution in [0.3, 0.4) is 0 Å². The molecule has 0 saturated heterocycles. The number of esters is 2. The number of carbonyl (C=O) groups is 2. The van der Waals surface area contributed by atoms with Gasteiger partial charge in [0, 0.05) is 12.8 Å². The van der Waals surface area contributed by atoms with Gasteiger partial charge in [-0.15, -0.1) is 0 Å². The van der Waals surface area contributed by atoms with E-state index in [0.29, 0.717) is 32.0 Å². The SMILES string of the molecule is CCCCCCCOC(=O)CCCCCC(=O)OCC(CC)CC. The topological polar surface area (TPSA) is 52.6 Å². The van der Waals surface area contributed by atoms with E-state index in [1.54, 1.807) is 0 Å². The molecule has 0 bridgehead atoms. The van der Waals surface area contributed by atoms with Crippen molar-refractivity contribution in [2.45, 2.75) is 97.8 Å². The van der Waals surface area contributed by atoms with Gasteiger partial charge in [0.1, 0.15) is 0 Å². The molecule has 24 heavy (non-hydrogen) atoms. The summed E-state index contributed by atoms with van der Waals surface area (Å²) in [6, 6.07) is 0. The van der Waals surface area contributed by atoms with Crippen LogP contribution in [0.2, 0.25) is 0 Å². The average Bonchev–Trinajstić information content (AvgIpc) is 2.58. The van der Waals surface area contributed by atoms with Crippen LogP contribution in [0.1, 0.15) is 97.8 Å². The van der Waals surface area contributed by atoms with E-state index in [4.69, 9.17) is 9.47 Å². The Morgan fingerprint density at radius 1 is 0.708 bits per heavy atom. The highest BCUT2D eigenvalue weighted by Crippen LogP contribution is 2.10. The molecule has 142 valence electrons. The molecule has 0 aliphatic heterocycles. The molecule has 0 amide bonds. The van der Waals surface area contributed by atoms with Crippen molar-refractivity contribution in [3.05, 3.63) is 0 Å². The van der Waals surface area contributed by atoms with Crippen LogP contribution in [0.15, 0.2) is 0 Å². The van der Waals surface area contributed by atoms with Gasteiger partial charge in [0.2, 0.25) is 0 Å². The first-order valence-corrected chi connectivity index (χ1v) is 9.95. The Morgan fingerprint density at radius 3 is 1.83 bits per heavy atom. The molecular formula is C20H38O4. The lowest BCUT2D eigenvalue weighted by molar-refractivity contribution is -0.145. The maximum absolute atomic E-state index is 11.6. The molecule has 0 aromatic carbocycles. The van der Waals surface area contributed by atoms with E-state index in [2.05, 4.69) is 20.8 Å². The highest BCUT2D eigenvalue weighted by atomic mass is 16.5. The Labute approximate surface area is 148 Å². The van der Waals surface area contributed by atoms with Crippen molar-refractivity contribution in [1.29, 1.82) is 0 Å². The van der Waals surface area contributed by atoms with E-state index in [9.17, 15) is 9.59 Å². The number of hydrogen-bond acceptors (Lipinski definition) is 4. The summed E-state index contributed by atoms with van der Waals surface area (Å²) in [4.78, 5) is 23.2. The summed E-state index contributed by atoms with van der Waals surface area (Å²) in [5.41, 5.74) is 0. The lowest BCUT2D eigenvalue weighted by Gasteiger charge is -2.12. The van der Waals surface area contributed by atoms with Crippen molar-refractivity contribution in [2.75, 3.05) is 13.2 Å². The van der Waals surface area contributed by atoms with Crippen molar-refractivity contribution in [2.24, 2.45) is 5.92 Å². The smallest absolute Gasteiger partial charge is 0.305 e. The Hall–Kier alpha value is -1.06. The van der Waals surface area contributed by atoms with Gasteiger partial charge in [-0.2, -0.15) is 0 Å². The van der Waals surface area contributed by atoms with Crippen molar-refractivity contribution >= 4 is 11.9 Å². The highest BCUT2D eigenvalue weighted by molar-refractivity contribution is 5.69. The maximum Gasteiger partial charge on any atom is 0.305 e. The highest BCUT2D eigenvalue weighted by Gasteiger charge is 2.08. The third-order valence-corrected chi connectivity index (χ3v) is 4.41. The normalized spacial score (nSPS) is 10.8. The van der Waals surface area contributed by atoms with Gasteiger partial charge in [-0.25, -0.2) is 0 Å². The number of carbonyl (C=O) groups excluding carboxylic acids is 2. The molecule has 0 rings (SSSR count). The number of ether oxygens (including phenoxy) is 2. The van der Waals surface area contributed by atoms with Gasteiger partial charge in [0.25, 0.3) is 0 Å². The van der Waals surface area contributed by atoms with Crippen molar-refractivity contribution < 1.29 is 19.1 Å². The molecule has 4 nitrogen and oxygen atoms in total. The zero-order chi connectivity index (χ0) is 18.0. The standard InChI is InChI=1S/C20H38O4/c1-4-7-8-9-13-16-23-19(21)14-11-10-12-15-20(22)24-17-18(5-2)6-3/h18H,4-17H2,1-3H3. The van der Waals surface area contributed by atoms with Gasteiger partial charge in [0.15, 0.2) is 0 Å². The lowest BCUT2D eigenvalue weighted by Crippen LogP contribution is -2.13. The molecule has 0 aliphatic rings. The fourth-order valence-corrected chi connectivity index (χ4v) is 2.49. The molecule has 0 atom stereocenters. The molecule has 0 aliphatic carbocycles. The molecular weight excluding hydrogens is 304 g/mol. The van der Waals surface area contributed by atoms with E-state index in [0.717, 1.165) is 44.9 Å². The summed E-state index contributed by atoms with van der Waals surface area (Å²) in [5.74, 6) is 0.254. The summed E-state index contributed by atoms with van der Waals surface area (Å²) >= 11 is 0. The molecule has 4 heteroatoms. The number of unbranched alkanes of at least 4 members (excludes halogenated alkanes) is 6. The molecule has 0 heterocycles. The second-order valence-electron chi connectivity index (χ2n) is 6.56. The largest absolute Gasteiger partial charge is 0.466 e. The fraction of sp³-hybridized carbons (Fsp3) is 0.900. The zero-order valence-corrected chi connectivity index (χ0v) is 16.1. The van der Waals surface area contributed by atoms with Gasteiger partial charge < -0.3 is 9.47 Å². The van der Waals surface area contributed by atoms with Crippen LogP contribution >= 0.6 is 0 Å². The zero-order valence-electron chi connectivity index (χ0n) is 16.1. The predicted molar refractivity (Wildman–Crippen MR) is 97.8 cm³/mol. The van der Waals surface area contributed by atoms with Crippen LogP contribution in [0.25, 0.3) is 0 Å². The van der Waals surface area contributed by atoms with Gasteiger partial charge >= 0.3 is 11.9 Å². The van der Waals surface area contributed by atoms with E-state index in [1.165, 1.54) is 19.3 Å². The average molecular weight is 343 g/mol. The monoisotopic (exact) mass is 342 g/mol. The third-order valence-electron chi connectivity index (χ3n) is 4.41. The maximum atomic E-state index is 11.6. The van der Waals surface area contributed by atoms with Gasteiger partial charge in [-0.3, -0.25) is 9.59 Å². The minimum atomic E-state index is -0.114. The van der Waals surface area contributed by atoms with E-state index in [-0.39, 0.29) is 11.9 Å². The van der Waals surface area contributed by atoms with Crippen molar-refractivity contribution in [3.8, 4) is 0 Å². The second kappa shape index (κ2) is 16.8. The molecule has 0 fully saturated rings. The van der Waals surface area contributed by atoms with Crippen molar-refractivity contribution in [3.63, 3.8) is 0 Å². The Kier molecular flexibility index (Phi) is 16.0. The molecule has 0 aromatic rings. The van der Waals surface area contributed by atoms with Crippen LogP contribution in [0.4, 0.5) is 0 Å². The van der Waals surface area contributed by atoms with Crippen molar-refractivity contribution in [1.82, 2.24) is 0 Å². The molecule has 0 saturated carbocycles. The first-order valence-electron chi connectivity index (χ1n) is 9.95. The first kappa shape index (κ1) is 22.9. The summed E-state index contributed by atoms with van der Waals surface area (Å²) in [6.07, 6.45) is 11.3. The summed E-state index contributed by atoms with van der Waals surface area (Å²) in [7, 11) is 0. The molecule has 0 radical (unpaired) electrons. The summed E-state index contributed by atoms with van der Waals surface area (Å²) in [6.45, 7) is 7.51. The quantitative estimate of drug-likeness (QED) is 0.277. The Bertz CT molecular complexity index is 311. The Morgan fingerprint density at radius 2 is 1.25 bits per heavy atom. The predicted octanol–water partition coefficient (Wildman–Crippen LogP) is 5.43. The molecule has 0 aromatic heterocycles. The third kappa shape index (κ3) is 14.5. The van der Waals surface area contributed by atoms with E-state index < -0.39 is 0 Å². The molecule has 0 N–H and O–H groups in total. The van der Waals surface area contributed by atoms with Gasteiger partial charge in [-0.1, -0.05) is 65.7 Å². The fourth-order valence-electron chi connectivity index (χ4n) is 2.49. The Balaban J connectivity index is 3.42. The lowest BCUT2D eigenvalue weighted by atomic mass is 10.1. The molecule has 0 unspecified atom stereocenters. The minimum Gasteiger partial charge on any atom is -0.466 e. The number of rotatable bonds is 16. The summed E-state index contributed by atoms with van der Waals surface area (Å²) in [5, 5.41) is 0. The number of hydrogen-bond donors (Lipinski definition) is 0. The molecule has 0 spiro atoms. The summed E-state index contributed by atoms with van der Waals surface area (Å²) < 4.78 is 10.5. The van der Waals surface area contributed by atoms with Crippen LogP contribution in [-0.2, 0) is 19.1 Å². The van der Waals surface area contributed by atoms with Crippen LogP contribution in [0.5, 0.6) is 0 Å². The van der Waals surface area contributed by atoms with Crippen LogP contribution < -0.4 is 0 Å². The van der Waals surface area contributed by atoms with E-state index in [1.807, 2.05) is 0 Å². The minimum absolute atomic E-state index is 0.109. The van der Waals surface area contributed by atoms with Gasteiger partial charge in [-0.05, 0) is 25.2 Å². The van der Waals surface area contributed by atoms with E-state index >= 15 is 0 Å². The van der Waals surface area contributed by atoms with Crippen LogP contribution in [0, 0.1) is 5.92 Å². The first-order chi connectivity index (χ1) is 11.6. The second-order valence-corrected chi connectivity index (χ2v) is 6.56. The van der Waals surface area contributed by atoms with Gasteiger partial charge in [0.05, 0.1) is 13.2 Å². The van der Waals surface area contributed by atoms with Crippen LogP contribution in [-0.4, -0.2) is 25.2 Å².